The summed E-state index contributed by atoms with van der Waals surface area (Å²) in [7, 11) is 1.34. The highest BCUT2D eigenvalue weighted by Crippen LogP contribution is 2.21. The number of carbonyl (C=O) groups excluding carboxylic acids is 2. The molecule has 0 radical (unpaired) electrons. The maximum absolute atomic E-state index is 13.3. The largest absolute Gasteiger partial charge is 0.467 e. The number of anilines is 1. The highest BCUT2D eigenvalue weighted by atomic mass is 32.2. The Labute approximate surface area is 206 Å². The van der Waals surface area contributed by atoms with E-state index >= 15 is 0 Å². The van der Waals surface area contributed by atoms with E-state index in [-0.39, 0.29) is 11.9 Å². The Morgan fingerprint density at radius 2 is 2.03 bits per heavy atom. The number of amides is 1. The number of thiol groups is 1. The smallest absolute Gasteiger partial charge is 0.328 e. The minimum Gasteiger partial charge on any atom is -0.467 e. The van der Waals surface area contributed by atoms with Crippen LogP contribution in [-0.2, 0) is 16.0 Å². The predicted molar refractivity (Wildman–Crippen MR) is 140 cm³/mol. The molecule has 6 nitrogen and oxygen atoms in total. The summed E-state index contributed by atoms with van der Waals surface area (Å²) in [6, 6.07) is 15.5. The molecule has 0 aromatic heterocycles. The zero-order valence-corrected chi connectivity index (χ0v) is 20.9. The summed E-state index contributed by atoms with van der Waals surface area (Å²) in [4.78, 5) is 25.6. The number of carbonyl (C=O) groups is 2. The fraction of sp³-hybridized carbons (Fsp3) is 0.440. The molecule has 2 aromatic rings. The minimum atomic E-state index is -0.677. The Balaban J connectivity index is 1.81. The van der Waals surface area contributed by atoms with E-state index in [0.29, 0.717) is 23.7 Å². The zero-order chi connectivity index (χ0) is 23.6. The van der Waals surface area contributed by atoms with E-state index in [1.54, 1.807) is 11.8 Å². The predicted octanol–water partition coefficient (Wildman–Crippen LogP) is 3.37. The molecule has 3 atom stereocenters. The van der Waals surface area contributed by atoms with E-state index in [0.717, 1.165) is 42.1 Å². The van der Waals surface area contributed by atoms with Gasteiger partial charge >= 0.3 is 5.97 Å². The average molecular weight is 488 g/mol. The molecule has 0 bridgehead atoms. The first kappa shape index (κ1) is 25.5. The quantitative estimate of drug-likeness (QED) is 0.288. The van der Waals surface area contributed by atoms with Crippen molar-refractivity contribution in [2.45, 2.75) is 36.6 Å². The third-order valence-corrected chi connectivity index (χ3v) is 7.09. The summed E-state index contributed by atoms with van der Waals surface area (Å²) >= 11 is 6.27. The number of methoxy groups -OCH3 is 1. The molecule has 1 fully saturated rings. The molecule has 1 saturated heterocycles. The van der Waals surface area contributed by atoms with Crippen molar-refractivity contribution >= 4 is 42.0 Å². The van der Waals surface area contributed by atoms with Crippen LogP contribution in [0.3, 0.4) is 0 Å². The van der Waals surface area contributed by atoms with Gasteiger partial charge in [0.25, 0.3) is 5.91 Å². The number of thioether (sulfide) groups is 1. The Morgan fingerprint density at radius 3 is 2.70 bits per heavy atom. The summed E-state index contributed by atoms with van der Waals surface area (Å²) in [6.07, 6.45) is 4.16. The monoisotopic (exact) mass is 487 g/mol. The van der Waals surface area contributed by atoms with Gasteiger partial charge < -0.3 is 20.7 Å². The van der Waals surface area contributed by atoms with Crippen molar-refractivity contribution in [2.75, 3.05) is 37.5 Å². The van der Waals surface area contributed by atoms with Crippen molar-refractivity contribution in [3.63, 3.8) is 0 Å². The molecule has 0 unspecified atom stereocenters. The van der Waals surface area contributed by atoms with Crippen LogP contribution in [0.5, 0.6) is 0 Å². The molecule has 3 N–H and O–H groups in total. The molecule has 0 spiro atoms. The zero-order valence-electron chi connectivity index (χ0n) is 19.2. The number of hydrogen-bond donors (Lipinski definition) is 4. The van der Waals surface area contributed by atoms with Crippen LogP contribution in [-0.4, -0.2) is 61.4 Å². The van der Waals surface area contributed by atoms with Crippen LogP contribution in [0.4, 0.5) is 5.69 Å². The van der Waals surface area contributed by atoms with Crippen LogP contribution < -0.4 is 16.0 Å². The van der Waals surface area contributed by atoms with E-state index in [2.05, 4.69) is 28.6 Å². The SMILES string of the molecule is COC(=O)[C@H](CCSC)NC(=O)c1cc(NC[C@@H]2NCC[C@H]2S)ccc1Cc1ccccc1. The number of hydrogen-bond acceptors (Lipinski definition) is 7. The van der Waals surface area contributed by atoms with Crippen LogP contribution in [0.25, 0.3) is 0 Å². The highest BCUT2D eigenvalue weighted by molar-refractivity contribution is 7.98. The molecular formula is C25H33N3O3S2. The lowest BCUT2D eigenvalue weighted by molar-refractivity contribution is -0.142. The van der Waals surface area contributed by atoms with Gasteiger partial charge in [-0.3, -0.25) is 4.79 Å². The third kappa shape index (κ3) is 7.42. The number of esters is 1. The first-order valence-corrected chi connectivity index (χ1v) is 13.1. The standard InChI is InChI=1S/C25H33N3O3S2/c1-31-25(30)21(11-13-33-2)28-24(29)20-15-19(27-16-22-23(32)10-12-26-22)9-8-18(20)14-17-6-4-3-5-7-17/h3-9,15,21-23,26-27,32H,10-14,16H2,1-2H3,(H,28,29)/t21-,22-,23+/m0/s1. The van der Waals surface area contributed by atoms with E-state index in [4.69, 9.17) is 4.74 Å². The molecule has 1 heterocycles. The average Bonchev–Trinajstić information content (AvgIpc) is 3.25. The number of ether oxygens (including phenoxy) is 1. The maximum atomic E-state index is 13.3. The summed E-state index contributed by atoms with van der Waals surface area (Å²) in [5.41, 5.74) is 3.45. The number of nitrogens with one attached hydrogen (secondary N) is 3. The topological polar surface area (TPSA) is 79.5 Å². The lowest BCUT2D eigenvalue weighted by Crippen LogP contribution is -2.42. The molecule has 178 valence electrons. The second-order valence-corrected chi connectivity index (χ2v) is 9.81. The van der Waals surface area contributed by atoms with Crippen molar-refractivity contribution in [3.8, 4) is 0 Å². The lowest BCUT2D eigenvalue weighted by atomic mass is 9.98. The number of rotatable bonds is 11. The summed E-state index contributed by atoms with van der Waals surface area (Å²) in [5.74, 6) is 0.0493. The first-order valence-electron chi connectivity index (χ1n) is 11.2. The van der Waals surface area contributed by atoms with Gasteiger partial charge in [-0.2, -0.15) is 24.4 Å². The molecule has 2 aromatic carbocycles. The van der Waals surface area contributed by atoms with E-state index in [1.165, 1.54) is 7.11 Å². The van der Waals surface area contributed by atoms with Gasteiger partial charge in [0, 0.05) is 29.1 Å². The first-order chi connectivity index (χ1) is 16.0. The van der Waals surface area contributed by atoms with Crippen molar-refractivity contribution in [1.82, 2.24) is 10.6 Å². The molecule has 1 aliphatic heterocycles. The third-order valence-electron chi connectivity index (χ3n) is 5.83. The van der Waals surface area contributed by atoms with Crippen molar-refractivity contribution < 1.29 is 14.3 Å². The Bertz CT molecular complexity index is 926. The van der Waals surface area contributed by atoms with Crippen LogP contribution in [0, 0.1) is 0 Å². The fourth-order valence-electron chi connectivity index (χ4n) is 3.92. The Morgan fingerprint density at radius 1 is 1.24 bits per heavy atom. The molecule has 0 saturated carbocycles. The van der Waals surface area contributed by atoms with Crippen LogP contribution >= 0.6 is 24.4 Å². The summed E-state index contributed by atoms with van der Waals surface area (Å²) in [6.45, 7) is 1.70. The maximum Gasteiger partial charge on any atom is 0.328 e. The van der Waals surface area contributed by atoms with Gasteiger partial charge in [-0.05, 0) is 61.1 Å². The van der Waals surface area contributed by atoms with Gasteiger partial charge in [-0.25, -0.2) is 4.79 Å². The van der Waals surface area contributed by atoms with E-state index in [1.807, 2.05) is 54.8 Å². The van der Waals surface area contributed by atoms with Crippen molar-refractivity contribution in [1.29, 1.82) is 0 Å². The molecular weight excluding hydrogens is 454 g/mol. The summed E-state index contributed by atoms with van der Waals surface area (Å²) in [5, 5.41) is 10.1. The summed E-state index contributed by atoms with van der Waals surface area (Å²) < 4.78 is 4.91. The Kier molecular flexibility index (Phi) is 9.96. The number of benzene rings is 2. The van der Waals surface area contributed by atoms with Gasteiger partial charge in [-0.15, -0.1) is 0 Å². The van der Waals surface area contributed by atoms with Gasteiger partial charge in [0.05, 0.1) is 7.11 Å². The van der Waals surface area contributed by atoms with Gasteiger partial charge in [-0.1, -0.05) is 36.4 Å². The van der Waals surface area contributed by atoms with Crippen LogP contribution in [0.15, 0.2) is 48.5 Å². The second-order valence-electron chi connectivity index (χ2n) is 8.16. The Hall–Kier alpha value is -2.16. The van der Waals surface area contributed by atoms with Crippen molar-refractivity contribution in [3.05, 3.63) is 65.2 Å². The molecule has 33 heavy (non-hydrogen) atoms. The molecule has 0 aliphatic carbocycles. The van der Waals surface area contributed by atoms with Crippen molar-refractivity contribution in [2.24, 2.45) is 0 Å². The van der Waals surface area contributed by atoms with Crippen LogP contribution in [0.1, 0.15) is 34.3 Å². The lowest BCUT2D eigenvalue weighted by Gasteiger charge is -2.20. The highest BCUT2D eigenvalue weighted by Gasteiger charge is 2.25. The molecule has 1 amide bonds. The van der Waals surface area contributed by atoms with Gasteiger partial charge in [0.2, 0.25) is 0 Å². The minimum absolute atomic E-state index is 0.271. The molecule has 1 aliphatic rings. The van der Waals surface area contributed by atoms with Crippen LogP contribution in [0.2, 0.25) is 0 Å². The van der Waals surface area contributed by atoms with Gasteiger partial charge in [0.1, 0.15) is 6.04 Å². The van der Waals surface area contributed by atoms with Gasteiger partial charge in [0.15, 0.2) is 0 Å². The fourth-order valence-corrected chi connectivity index (χ4v) is 4.73. The molecule has 3 rings (SSSR count). The van der Waals surface area contributed by atoms with E-state index in [9.17, 15) is 9.59 Å². The second kappa shape index (κ2) is 12.9. The van der Waals surface area contributed by atoms with E-state index < -0.39 is 12.0 Å². The molecule has 8 heteroatoms. The normalized spacial score (nSPS) is 18.5.